The zero-order valence-electron chi connectivity index (χ0n) is 43.8. The molecule has 0 amide bonds. The molecule has 0 aliphatic heterocycles. The molecule has 0 aliphatic carbocycles. The largest absolute Gasteiger partial charge is 0.287 e. The van der Waals surface area contributed by atoms with Crippen molar-refractivity contribution in [3.63, 3.8) is 0 Å². The Morgan fingerprint density at radius 2 is 0.627 bits per heavy atom. The molecule has 0 bridgehead atoms. The molecule has 0 N–H and O–H groups in total. The lowest BCUT2D eigenvalue weighted by Crippen LogP contribution is -2.81. The number of hydrogen-bond donors (Lipinski definition) is 0. The van der Waals surface area contributed by atoms with Gasteiger partial charge in [0.25, 0.3) is 5.69 Å². The second kappa shape index (κ2) is 28.3. The van der Waals surface area contributed by atoms with E-state index in [0.29, 0.717) is 17.7 Å². The van der Waals surface area contributed by atoms with Crippen LogP contribution in [0.1, 0.15) is 131 Å². The van der Waals surface area contributed by atoms with Gasteiger partial charge in [-0.1, -0.05) is 145 Å². The number of carbonyl (C=O) groups is 2. The molecule has 0 aliphatic rings. The average Bonchev–Trinajstić information content (AvgIpc) is 0.881. The van der Waals surface area contributed by atoms with Crippen molar-refractivity contribution >= 4 is 50.3 Å². The van der Waals surface area contributed by atoms with E-state index in [1.165, 1.54) is 83.5 Å². The van der Waals surface area contributed by atoms with Crippen LogP contribution in [0.3, 0.4) is 0 Å². The number of fused-ring (bicyclic) bond motifs is 1. The highest BCUT2D eigenvalue weighted by Gasteiger charge is 2.52. The number of carbonyl (C=O) groups excluding carboxylic acids is 2. The summed E-state index contributed by atoms with van der Waals surface area (Å²) in [6, 6.07) is 19.3. The third kappa shape index (κ3) is 13.1. The molecule has 0 atom stereocenters. The normalized spacial score (nSPS) is 11.6. The maximum absolute atomic E-state index is 15.4. The van der Waals surface area contributed by atoms with Gasteiger partial charge in [0, 0.05) is 18.1 Å². The number of rotatable bonds is 24. The Labute approximate surface area is 461 Å². The molecule has 0 spiro atoms. The van der Waals surface area contributed by atoms with E-state index < -0.39 is 144 Å². The molecule has 3 nitrogen and oxygen atoms in total. The van der Waals surface area contributed by atoms with Crippen LogP contribution in [0.25, 0.3) is 10.8 Å². The predicted octanol–water partition coefficient (Wildman–Crippen LogP) is 15.3. The van der Waals surface area contributed by atoms with E-state index in [-0.39, 0.29) is 18.1 Å². The van der Waals surface area contributed by atoms with Crippen LogP contribution in [0, 0.1) is 116 Å². The van der Waals surface area contributed by atoms with Crippen LogP contribution < -0.4 is 26.4 Å². The van der Waals surface area contributed by atoms with Gasteiger partial charge in [-0.25, -0.2) is 87.8 Å². The topological polar surface area (TPSA) is 38.0 Å². The number of nitrogens with zero attached hydrogens (tertiary/aromatic N) is 1. The molecular formula is C59H48BF20NO2. The fourth-order valence-corrected chi connectivity index (χ4v) is 10.2. The molecule has 0 saturated carbocycles. The van der Waals surface area contributed by atoms with E-state index in [2.05, 4.69) is 6.92 Å². The fourth-order valence-electron chi connectivity index (χ4n) is 10.2. The first-order chi connectivity index (χ1) is 39.4. The quantitative estimate of drug-likeness (QED) is 0.0115. The van der Waals surface area contributed by atoms with Crippen molar-refractivity contribution in [1.29, 1.82) is 0 Å². The molecule has 6 aromatic carbocycles. The minimum atomic E-state index is -7.22. The van der Waals surface area contributed by atoms with Gasteiger partial charge in [-0.2, -0.15) is 4.57 Å². The Kier molecular flexibility index (Phi) is 22.2. The number of benzene rings is 6. The summed E-state index contributed by atoms with van der Waals surface area (Å²) in [5.41, 5.74) is -13.0. The molecule has 1 heterocycles. The molecule has 0 unspecified atom stereocenters. The molecule has 24 heteroatoms. The first kappa shape index (κ1) is 64.9. The highest BCUT2D eigenvalue weighted by molar-refractivity contribution is 7.20. The molecule has 0 radical (unpaired) electrons. The monoisotopic (exact) mass is 1190 g/mol. The van der Waals surface area contributed by atoms with Crippen LogP contribution in [0.15, 0.2) is 66.9 Å². The van der Waals surface area contributed by atoms with Crippen molar-refractivity contribution in [3.8, 4) is 0 Å². The Hall–Kier alpha value is -7.27. The van der Waals surface area contributed by atoms with Crippen molar-refractivity contribution in [2.24, 2.45) is 0 Å². The maximum Gasteiger partial charge on any atom is 0.256 e. The summed E-state index contributed by atoms with van der Waals surface area (Å²) in [6.45, 7) is 2.45. The lowest BCUT2D eigenvalue weighted by atomic mass is 9.12. The molecule has 444 valence electrons. The lowest BCUT2D eigenvalue weighted by molar-refractivity contribution is -0.683. The molecule has 7 aromatic rings. The van der Waals surface area contributed by atoms with Gasteiger partial charge < -0.3 is 0 Å². The summed E-state index contributed by atoms with van der Waals surface area (Å²) in [6.07, 6.45) is 14.9. The Balaban J connectivity index is 0.000000271. The van der Waals surface area contributed by atoms with Gasteiger partial charge in [-0.05, 0) is 17.9 Å². The number of ketones is 2. The van der Waals surface area contributed by atoms with Crippen molar-refractivity contribution in [2.45, 2.75) is 116 Å². The number of hydrogen-bond acceptors (Lipinski definition) is 2. The Morgan fingerprint density at radius 1 is 0.337 bits per heavy atom. The zero-order chi connectivity index (χ0) is 61.2. The Bertz CT molecular complexity index is 3140. The molecule has 1 aromatic heterocycles. The summed E-state index contributed by atoms with van der Waals surface area (Å²) in [7, 11) is 0. The summed E-state index contributed by atoms with van der Waals surface area (Å²) >= 11 is 0. The molecule has 83 heavy (non-hydrogen) atoms. The summed E-state index contributed by atoms with van der Waals surface area (Å²) in [5.74, 6) is -71.2. The molecular weight excluding hydrogens is 1150 g/mol. The third-order valence-electron chi connectivity index (χ3n) is 14.3. The van der Waals surface area contributed by atoms with E-state index in [4.69, 9.17) is 0 Å². The van der Waals surface area contributed by atoms with Gasteiger partial charge in [0.1, 0.15) is 52.7 Å². The minimum absolute atomic E-state index is 0.0203. The smallest absolute Gasteiger partial charge is 0.256 e. The van der Waals surface area contributed by atoms with E-state index in [0.717, 1.165) is 23.6 Å². The van der Waals surface area contributed by atoms with Crippen molar-refractivity contribution in [3.05, 3.63) is 194 Å². The summed E-state index contributed by atoms with van der Waals surface area (Å²) in [4.78, 5) is 26.3. The fraction of sp³-hybridized carbons (Fsp3) is 0.305. The van der Waals surface area contributed by atoms with Gasteiger partial charge in [0.2, 0.25) is 18.1 Å². The Morgan fingerprint density at radius 3 is 0.964 bits per heavy atom. The van der Waals surface area contributed by atoms with Crippen LogP contribution in [-0.2, 0) is 6.54 Å². The van der Waals surface area contributed by atoms with Crippen molar-refractivity contribution < 1.29 is 102 Å². The van der Waals surface area contributed by atoms with Crippen LogP contribution in [-0.4, -0.2) is 17.7 Å². The van der Waals surface area contributed by atoms with E-state index in [9.17, 15) is 62.3 Å². The van der Waals surface area contributed by atoms with Gasteiger partial charge in [0.05, 0.1) is 5.39 Å². The second-order valence-corrected chi connectivity index (χ2v) is 19.6. The van der Waals surface area contributed by atoms with Gasteiger partial charge in [-0.3, -0.25) is 9.59 Å². The number of aromatic nitrogens is 1. The second-order valence-electron chi connectivity index (χ2n) is 19.6. The number of pyridine rings is 1. The van der Waals surface area contributed by atoms with Crippen molar-refractivity contribution in [1.82, 2.24) is 0 Å². The average molecular weight is 1190 g/mol. The highest BCUT2D eigenvalue weighted by Crippen LogP contribution is 2.31. The number of Topliss-reactive ketones (excluding diaryl/α,β-unsaturated/α-hetero) is 2. The predicted molar refractivity (Wildman–Crippen MR) is 268 cm³/mol. The maximum atomic E-state index is 15.4. The highest BCUT2D eigenvalue weighted by atomic mass is 19.2. The van der Waals surface area contributed by atoms with Crippen LogP contribution in [0.4, 0.5) is 87.8 Å². The van der Waals surface area contributed by atoms with Crippen molar-refractivity contribution in [2.75, 3.05) is 0 Å². The summed E-state index contributed by atoms with van der Waals surface area (Å²) < 4.78 is 296. The van der Waals surface area contributed by atoms with Crippen LogP contribution in [0.5, 0.6) is 0 Å². The first-order valence-electron chi connectivity index (χ1n) is 26.2. The standard InChI is InChI=1S/C35H48NO2.C24BF20/c1-2-3-4-5-6-7-8-9-10-11-12-13-14-15-19-26-33(37)35-32-25-21-20-22-30(32)27-28-36(35)29-34(38)31-23-17-16-18-24-31;26-5-1(6(27)14(35)21(42)13(5)34)25(2-7(28)15(36)22(43)16(37)8(2)29,3-9(30)17(38)23(44)18(39)10(3)31)4-11(32)19(40)24(45)20(41)12(4)33/h16-18,20-25,27-28H,2-15,19,26,29H2,1H3;/q+1;-1. The van der Waals surface area contributed by atoms with Crippen LogP contribution in [0.2, 0.25) is 0 Å². The van der Waals surface area contributed by atoms with Gasteiger partial charge >= 0.3 is 0 Å². The van der Waals surface area contributed by atoms with E-state index in [1.54, 1.807) is 0 Å². The zero-order valence-corrected chi connectivity index (χ0v) is 43.8. The van der Waals surface area contributed by atoms with Gasteiger partial charge in [0.15, 0.2) is 76.0 Å². The lowest BCUT2D eigenvalue weighted by Gasteiger charge is -2.44. The third-order valence-corrected chi connectivity index (χ3v) is 14.3. The molecule has 0 saturated heterocycles. The molecule has 7 rings (SSSR count). The first-order valence-corrected chi connectivity index (χ1v) is 26.2. The number of halogens is 20. The van der Waals surface area contributed by atoms with E-state index in [1.807, 2.05) is 71.4 Å². The number of unbranched alkanes of at least 4 members (excludes halogenated alkanes) is 14. The van der Waals surface area contributed by atoms with Crippen LogP contribution >= 0.6 is 0 Å². The van der Waals surface area contributed by atoms with Gasteiger partial charge in [-0.15, -0.1) is 21.9 Å². The summed E-state index contributed by atoms with van der Waals surface area (Å²) in [5, 5.41) is 1.97. The molecule has 0 fully saturated rings. The van der Waals surface area contributed by atoms with E-state index >= 15 is 35.1 Å². The SMILES string of the molecule is CCCCCCCCCCCCCCCCCC(=O)c1c2ccccc2cc[n+]1CC(=O)c1ccccc1.Fc1c(F)c(F)c([B-](c2c(F)c(F)c(F)c(F)c2F)(c2c(F)c(F)c(F)c(F)c2F)c2c(F)c(F)c(F)c(F)c2F)c(F)c1F. The minimum Gasteiger partial charge on any atom is -0.287 e.